The average Bonchev–Trinajstić information content (AvgIpc) is 2.20. The van der Waals surface area contributed by atoms with Crippen LogP contribution in [-0.2, 0) is 6.42 Å². The van der Waals surface area contributed by atoms with Gasteiger partial charge < -0.3 is 0 Å². The molecule has 0 N–H and O–H groups in total. The number of nitriles is 2. The fourth-order valence-electron chi connectivity index (χ4n) is 1.25. The third-order valence-corrected chi connectivity index (χ3v) is 2.04. The van der Waals surface area contributed by atoms with E-state index < -0.39 is 4.92 Å². The summed E-state index contributed by atoms with van der Waals surface area (Å²) in [7, 11) is 0. The summed E-state index contributed by atoms with van der Waals surface area (Å²) in [6, 6.07) is 6.42. The first kappa shape index (κ1) is 10.7. The number of hydrogen-bond donors (Lipinski definition) is 0. The maximum atomic E-state index is 10.6. The van der Waals surface area contributed by atoms with E-state index in [1.165, 1.54) is 12.1 Å². The third kappa shape index (κ3) is 2.09. The van der Waals surface area contributed by atoms with Crippen molar-refractivity contribution in [3.63, 3.8) is 0 Å². The van der Waals surface area contributed by atoms with Crippen LogP contribution >= 0.6 is 0 Å². The molecule has 1 aromatic rings. The van der Waals surface area contributed by atoms with Crippen molar-refractivity contribution in [2.45, 2.75) is 13.3 Å². The van der Waals surface area contributed by atoms with E-state index in [4.69, 9.17) is 10.5 Å². The minimum atomic E-state index is -0.596. The lowest BCUT2D eigenvalue weighted by Crippen LogP contribution is -1.96. The van der Waals surface area contributed by atoms with Crippen LogP contribution in [0.15, 0.2) is 12.1 Å². The van der Waals surface area contributed by atoms with Crippen molar-refractivity contribution in [1.82, 2.24) is 0 Å². The molecule has 0 heterocycles. The molecule has 0 aliphatic carbocycles. The predicted octanol–water partition coefficient (Wildman–Crippen LogP) is 1.84. The maximum Gasteiger partial charge on any atom is 0.287 e. The highest BCUT2D eigenvalue weighted by molar-refractivity contribution is 5.53. The van der Waals surface area contributed by atoms with Crippen LogP contribution in [-0.4, -0.2) is 4.92 Å². The topological polar surface area (TPSA) is 90.7 Å². The van der Waals surface area contributed by atoms with Gasteiger partial charge in [-0.05, 0) is 24.1 Å². The van der Waals surface area contributed by atoms with E-state index in [0.717, 1.165) is 0 Å². The molecule has 0 bridgehead atoms. The summed E-state index contributed by atoms with van der Waals surface area (Å²) in [5.74, 6) is 0. The van der Waals surface area contributed by atoms with Crippen molar-refractivity contribution in [2.75, 3.05) is 0 Å². The Morgan fingerprint density at radius 3 is 2.60 bits per heavy atom. The molecule has 1 rings (SSSR count). The number of nitro benzene ring substituents is 1. The second kappa shape index (κ2) is 4.21. The second-order valence-electron chi connectivity index (χ2n) is 3.00. The quantitative estimate of drug-likeness (QED) is 0.539. The van der Waals surface area contributed by atoms with Crippen molar-refractivity contribution >= 4 is 5.69 Å². The molecule has 0 radical (unpaired) electrons. The molecule has 0 aromatic heterocycles. The second-order valence-corrected chi connectivity index (χ2v) is 3.00. The van der Waals surface area contributed by atoms with Crippen molar-refractivity contribution in [3.05, 3.63) is 38.9 Å². The van der Waals surface area contributed by atoms with Gasteiger partial charge in [-0.15, -0.1) is 0 Å². The van der Waals surface area contributed by atoms with Gasteiger partial charge in [-0.3, -0.25) is 10.1 Å². The average molecular weight is 201 g/mol. The summed E-state index contributed by atoms with van der Waals surface area (Å²) >= 11 is 0. The van der Waals surface area contributed by atoms with Gasteiger partial charge in [-0.2, -0.15) is 10.5 Å². The van der Waals surface area contributed by atoms with Gasteiger partial charge in [0.2, 0.25) is 0 Å². The van der Waals surface area contributed by atoms with Crippen LogP contribution in [0, 0.1) is 39.7 Å². The lowest BCUT2D eigenvalue weighted by Gasteiger charge is -2.02. The largest absolute Gasteiger partial charge is 0.287 e. The fraction of sp³-hybridized carbons (Fsp3) is 0.200. The van der Waals surface area contributed by atoms with Gasteiger partial charge in [0.05, 0.1) is 17.4 Å². The summed E-state index contributed by atoms with van der Waals surface area (Å²) < 4.78 is 0. The van der Waals surface area contributed by atoms with Crippen LogP contribution in [0.3, 0.4) is 0 Å². The molecule has 0 aliphatic rings. The van der Waals surface area contributed by atoms with Crippen LogP contribution in [0.2, 0.25) is 0 Å². The van der Waals surface area contributed by atoms with Crippen molar-refractivity contribution in [2.24, 2.45) is 0 Å². The van der Waals surface area contributed by atoms with E-state index in [9.17, 15) is 10.1 Å². The third-order valence-electron chi connectivity index (χ3n) is 2.04. The van der Waals surface area contributed by atoms with E-state index in [-0.39, 0.29) is 17.7 Å². The Labute approximate surface area is 86.3 Å². The molecule has 0 saturated carbocycles. The van der Waals surface area contributed by atoms with Crippen LogP contribution in [0.5, 0.6) is 0 Å². The minimum Gasteiger partial charge on any atom is -0.258 e. The number of rotatable bonds is 2. The van der Waals surface area contributed by atoms with E-state index >= 15 is 0 Å². The minimum absolute atomic E-state index is 0.00384. The molecule has 0 saturated heterocycles. The normalized spacial score (nSPS) is 9.00. The highest BCUT2D eigenvalue weighted by Crippen LogP contribution is 2.22. The molecule has 1 aromatic carbocycles. The molecule has 0 spiro atoms. The molecule has 0 unspecified atom stereocenters. The zero-order valence-corrected chi connectivity index (χ0v) is 8.02. The number of benzene rings is 1. The number of aryl methyl sites for hydroxylation is 1. The molecule has 0 atom stereocenters. The Morgan fingerprint density at radius 2 is 2.13 bits per heavy atom. The maximum absolute atomic E-state index is 10.6. The summed E-state index contributed by atoms with van der Waals surface area (Å²) in [5.41, 5.74) is 1.09. The van der Waals surface area contributed by atoms with E-state index in [0.29, 0.717) is 11.1 Å². The standard InChI is InChI=1S/C10H7N3O2/c1-7-4-10(13(14)15)9(6-12)5-8(7)2-3-11/h4-5H,2H2,1H3. The SMILES string of the molecule is Cc1cc([N+](=O)[O-])c(C#N)cc1CC#N. The Kier molecular flexibility index (Phi) is 3.00. The van der Waals surface area contributed by atoms with E-state index in [1.54, 1.807) is 13.0 Å². The molecular weight excluding hydrogens is 194 g/mol. The Morgan fingerprint density at radius 1 is 1.47 bits per heavy atom. The molecule has 5 heteroatoms. The predicted molar refractivity (Wildman–Crippen MR) is 51.9 cm³/mol. The van der Waals surface area contributed by atoms with Gasteiger partial charge >= 0.3 is 0 Å². The van der Waals surface area contributed by atoms with Gasteiger partial charge in [0.1, 0.15) is 11.6 Å². The van der Waals surface area contributed by atoms with Crippen LogP contribution in [0.1, 0.15) is 16.7 Å². The monoisotopic (exact) mass is 201 g/mol. The van der Waals surface area contributed by atoms with Gasteiger partial charge in [-0.25, -0.2) is 0 Å². The zero-order valence-electron chi connectivity index (χ0n) is 8.02. The van der Waals surface area contributed by atoms with E-state index in [1.807, 2.05) is 6.07 Å². The zero-order chi connectivity index (χ0) is 11.4. The first-order chi connectivity index (χ1) is 7.10. The molecule has 0 amide bonds. The van der Waals surface area contributed by atoms with Crippen molar-refractivity contribution in [3.8, 4) is 12.1 Å². The van der Waals surface area contributed by atoms with E-state index in [2.05, 4.69) is 0 Å². The molecule has 15 heavy (non-hydrogen) atoms. The van der Waals surface area contributed by atoms with Crippen molar-refractivity contribution in [1.29, 1.82) is 10.5 Å². The first-order valence-corrected chi connectivity index (χ1v) is 4.15. The molecule has 0 aliphatic heterocycles. The van der Waals surface area contributed by atoms with Crippen LogP contribution < -0.4 is 0 Å². The highest BCUT2D eigenvalue weighted by atomic mass is 16.6. The Bertz CT molecular complexity index is 495. The van der Waals surface area contributed by atoms with Gasteiger partial charge in [0, 0.05) is 6.07 Å². The van der Waals surface area contributed by atoms with Gasteiger partial charge in [0.15, 0.2) is 0 Å². The smallest absolute Gasteiger partial charge is 0.258 e. The van der Waals surface area contributed by atoms with Gasteiger partial charge in [-0.1, -0.05) is 0 Å². The Balaban J connectivity index is 3.38. The summed E-state index contributed by atoms with van der Waals surface area (Å²) in [4.78, 5) is 10.00. The molecule has 5 nitrogen and oxygen atoms in total. The lowest BCUT2D eigenvalue weighted by molar-refractivity contribution is -0.385. The first-order valence-electron chi connectivity index (χ1n) is 4.15. The number of nitro groups is 1. The van der Waals surface area contributed by atoms with Crippen LogP contribution in [0.4, 0.5) is 5.69 Å². The highest BCUT2D eigenvalue weighted by Gasteiger charge is 2.15. The molecular formula is C10H7N3O2. The number of hydrogen-bond acceptors (Lipinski definition) is 4. The molecule has 0 fully saturated rings. The van der Waals surface area contributed by atoms with Crippen LogP contribution in [0.25, 0.3) is 0 Å². The van der Waals surface area contributed by atoms with Crippen molar-refractivity contribution < 1.29 is 4.92 Å². The summed E-state index contributed by atoms with van der Waals surface area (Å²) in [6.45, 7) is 1.68. The Hall–Kier alpha value is -2.40. The summed E-state index contributed by atoms with van der Waals surface area (Å²) in [6.07, 6.45) is 0.151. The lowest BCUT2D eigenvalue weighted by atomic mass is 10.0. The van der Waals surface area contributed by atoms with Gasteiger partial charge in [0.25, 0.3) is 5.69 Å². The fourth-order valence-corrected chi connectivity index (χ4v) is 1.25. The number of nitrogens with zero attached hydrogens (tertiary/aromatic N) is 3. The summed E-state index contributed by atoms with van der Waals surface area (Å²) in [5, 5.41) is 27.8. The molecule has 74 valence electrons.